The number of methoxy groups -OCH3 is 2. The Balaban J connectivity index is 2.94. The molecule has 17 heavy (non-hydrogen) atoms. The fourth-order valence-electron chi connectivity index (χ4n) is 1.48. The fraction of sp³-hybridized carbons (Fsp3) is 0.417. The highest BCUT2D eigenvalue weighted by Gasteiger charge is 2.13. The number of carbonyl (C=O) groups excluding carboxylic acids is 1. The van der Waals surface area contributed by atoms with Crippen molar-refractivity contribution in [1.29, 1.82) is 0 Å². The summed E-state index contributed by atoms with van der Waals surface area (Å²) in [5.41, 5.74) is 1.11. The molecule has 0 aliphatic rings. The van der Waals surface area contributed by atoms with Crippen LogP contribution < -0.4 is 5.32 Å². The Labute approximate surface area is 106 Å². The Hall–Kier alpha value is -1.26. The van der Waals surface area contributed by atoms with Crippen molar-refractivity contribution in [3.05, 3.63) is 28.8 Å². The van der Waals surface area contributed by atoms with Gasteiger partial charge in [-0.05, 0) is 25.1 Å². The molecule has 0 fully saturated rings. The van der Waals surface area contributed by atoms with Gasteiger partial charge in [0.1, 0.15) is 0 Å². The number of halogens is 1. The first kappa shape index (κ1) is 13.8. The number of hydrogen-bond acceptors (Lipinski definition) is 4. The molecule has 1 N–H and O–H groups in total. The van der Waals surface area contributed by atoms with Gasteiger partial charge in [0.15, 0.2) is 0 Å². The molecule has 0 heterocycles. The van der Waals surface area contributed by atoms with Crippen LogP contribution in [0.2, 0.25) is 5.02 Å². The topological polar surface area (TPSA) is 47.6 Å². The monoisotopic (exact) mass is 257 g/mol. The number of ether oxygens (including phenoxy) is 2. The zero-order valence-corrected chi connectivity index (χ0v) is 10.9. The molecular formula is C12H16ClNO3. The molecular weight excluding hydrogens is 242 g/mol. The zero-order chi connectivity index (χ0) is 12.8. The first-order valence-electron chi connectivity index (χ1n) is 5.21. The largest absolute Gasteiger partial charge is 0.465 e. The highest BCUT2D eigenvalue weighted by atomic mass is 35.5. The summed E-state index contributed by atoms with van der Waals surface area (Å²) in [6.45, 7) is 2.48. The van der Waals surface area contributed by atoms with Crippen molar-refractivity contribution < 1.29 is 14.3 Å². The summed E-state index contributed by atoms with van der Waals surface area (Å²) in [7, 11) is 2.97. The van der Waals surface area contributed by atoms with E-state index in [1.165, 1.54) is 7.11 Å². The van der Waals surface area contributed by atoms with Crippen molar-refractivity contribution in [2.24, 2.45) is 0 Å². The van der Waals surface area contributed by atoms with E-state index in [0.29, 0.717) is 22.9 Å². The van der Waals surface area contributed by atoms with Gasteiger partial charge in [0, 0.05) is 18.2 Å². The van der Waals surface area contributed by atoms with Crippen LogP contribution in [0.3, 0.4) is 0 Å². The van der Waals surface area contributed by atoms with Gasteiger partial charge in [0.05, 0.1) is 25.0 Å². The zero-order valence-electron chi connectivity index (χ0n) is 10.1. The van der Waals surface area contributed by atoms with Gasteiger partial charge in [-0.25, -0.2) is 4.79 Å². The predicted octanol–water partition coefficient (Wildman–Crippen LogP) is 2.57. The Bertz CT molecular complexity index is 395. The van der Waals surface area contributed by atoms with E-state index in [0.717, 1.165) is 0 Å². The summed E-state index contributed by atoms with van der Waals surface area (Å²) in [4.78, 5) is 11.5. The highest BCUT2D eigenvalue weighted by molar-refractivity contribution is 6.31. The van der Waals surface area contributed by atoms with Gasteiger partial charge >= 0.3 is 5.97 Å². The minimum Gasteiger partial charge on any atom is -0.465 e. The SMILES string of the molecule is COCC(C)Nc1cc(Cl)ccc1C(=O)OC. The van der Waals surface area contributed by atoms with E-state index in [2.05, 4.69) is 5.32 Å². The normalized spacial score (nSPS) is 12.0. The van der Waals surface area contributed by atoms with Gasteiger partial charge in [-0.15, -0.1) is 0 Å². The van der Waals surface area contributed by atoms with E-state index in [1.54, 1.807) is 25.3 Å². The molecule has 1 aromatic carbocycles. The predicted molar refractivity (Wildman–Crippen MR) is 67.8 cm³/mol. The van der Waals surface area contributed by atoms with E-state index in [4.69, 9.17) is 21.1 Å². The average molecular weight is 258 g/mol. The van der Waals surface area contributed by atoms with Crippen molar-refractivity contribution in [3.8, 4) is 0 Å². The molecule has 1 rings (SSSR count). The van der Waals surface area contributed by atoms with Crippen molar-refractivity contribution in [2.75, 3.05) is 26.1 Å². The molecule has 0 saturated heterocycles. The summed E-state index contributed by atoms with van der Waals surface area (Å²) in [5.74, 6) is -0.395. The molecule has 0 bridgehead atoms. The van der Waals surface area contributed by atoms with E-state index in [1.807, 2.05) is 6.92 Å². The number of esters is 1. The van der Waals surface area contributed by atoms with Gasteiger partial charge in [-0.2, -0.15) is 0 Å². The summed E-state index contributed by atoms with van der Waals surface area (Å²) in [6.07, 6.45) is 0. The lowest BCUT2D eigenvalue weighted by atomic mass is 10.1. The number of rotatable bonds is 5. The third-order valence-electron chi connectivity index (χ3n) is 2.21. The van der Waals surface area contributed by atoms with Gasteiger partial charge in [-0.1, -0.05) is 11.6 Å². The van der Waals surface area contributed by atoms with Gasteiger partial charge < -0.3 is 14.8 Å². The van der Waals surface area contributed by atoms with Crippen LogP contribution in [0.15, 0.2) is 18.2 Å². The Morgan fingerprint density at radius 1 is 1.47 bits per heavy atom. The Morgan fingerprint density at radius 2 is 2.18 bits per heavy atom. The molecule has 0 radical (unpaired) electrons. The van der Waals surface area contributed by atoms with Crippen LogP contribution in [-0.4, -0.2) is 32.8 Å². The average Bonchev–Trinajstić information content (AvgIpc) is 2.28. The van der Waals surface area contributed by atoms with E-state index in [9.17, 15) is 4.79 Å². The second-order valence-corrected chi connectivity index (χ2v) is 4.12. The molecule has 0 saturated carbocycles. The molecule has 0 aromatic heterocycles. The number of anilines is 1. The lowest BCUT2D eigenvalue weighted by Crippen LogP contribution is -2.22. The maximum atomic E-state index is 11.5. The fourth-order valence-corrected chi connectivity index (χ4v) is 1.65. The maximum Gasteiger partial charge on any atom is 0.339 e. The molecule has 0 spiro atoms. The second kappa shape index (κ2) is 6.47. The maximum absolute atomic E-state index is 11.5. The second-order valence-electron chi connectivity index (χ2n) is 3.68. The first-order chi connectivity index (χ1) is 8.08. The summed E-state index contributed by atoms with van der Waals surface area (Å²) in [6, 6.07) is 5.05. The molecule has 0 aliphatic carbocycles. The van der Waals surface area contributed by atoms with E-state index < -0.39 is 5.97 Å². The quantitative estimate of drug-likeness (QED) is 0.824. The van der Waals surface area contributed by atoms with Crippen LogP contribution in [-0.2, 0) is 9.47 Å². The molecule has 0 amide bonds. The molecule has 94 valence electrons. The molecule has 0 aliphatic heterocycles. The van der Waals surface area contributed by atoms with Crippen LogP contribution in [0, 0.1) is 0 Å². The van der Waals surface area contributed by atoms with Crippen LogP contribution >= 0.6 is 11.6 Å². The van der Waals surface area contributed by atoms with Crippen LogP contribution in [0.4, 0.5) is 5.69 Å². The number of carbonyl (C=O) groups is 1. The lowest BCUT2D eigenvalue weighted by molar-refractivity contribution is 0.0601. The minimum absolute atomic E-state index is 0.0712. The number of benzene rings is 1. The minimum atomic E-state index is -0.395. The number of hydrogen-bond donors (Lipinski definition) is 1. The van der Waals surface area contributed by atoms with Crippen molar-refractivity contribution >= 4 is 23.3 Å². The van der Waals surface area contributed by atoms with Crippen LogP contribution in [0.5, 0.6) is 0 Å². The van der Waals surface area contributed by atoms with Gasteiger partial charge in [0.25, 0.3) is 0 Å². The number of nitrogens with one attached hydrogen (secondary N) is 1. The molecule has 1 atom stereocenters. The van der Waals surface area contributed by atoms with Gasteiger partial charge in [-0.3, -0.25) is 0 Å². The van der Waals surface area contributed by atoms with Crippen molar-refractivity contribution in [2.45, 2.75) is 13.0 Å². The standard InChI is InChI=1S/C12H16ClNO3/c1-8(7-16-2)14-11-6-9(13)4-5-10(11)12(15)17-3/h4-6,8,14H,7H2,1-3H3. The summed E-state index contributed by atoms with van der Waals surface area (Å²) in [5, 5.41) is 3.72. The Morgan fingerprint density at radius 3 is 2.76 bits per heavy atom. The Kier molecular flexibility index (Phi) is 5.25. The van der Waals surface area contributed by atoms with E-state index >= 15 is 0 Å². The molecule has 1 unspecified atom stereocenters. The molecule has 4 nitrogen and oxygen atoms in total. The van der Waals surface area contributed by atoms with Crippen LogP contribution in [0.1, 0.15) is 17.3 Å². The third-order valence-corrected chi connectivity index (χ3v) is 2.44. The van der Waals surface area contributed by atoms with E-state index in [-0.39, 0.29) is 6.04 Å². The van der Waals surface area contributed by atoms with Crippen LogP contribution in [0.25, 0.3) is 0 Å². The van der Waals surface area contributed by atoms with Crippen molar-refractivity contribution in [3.63, 3.8) is 0 Å². The smallest absolute Gasteiger partial charge is 0.339 e. The van der Waals surface area contributed by atoms with Crippen molar-refractivity contribution in [1.82, 2.24) is 0 Å². The summed E-state index contributed by atoms with van der Waals surface area (Å²) >= 11 is 5.90. The molecule has 1 aromatic rings. The lowest BCUT2D eigenvalue weighted by Gasteiger charge is -2.16. The summed E-state index contributed by atoms with van der Waals surface area (Å²) < 4.78 is 9.73. The third kappa shape index (κ3) is 3.91. The highest BCUT2D eigenvalue weighted by Crippen LogP contribution is 2.22. The van der Waals surface area contributed by atoms with Gasteiger partial charge in [0.2, 0.25) is 0 Å². The first-order valence-corrected chi connectivity index (χ1v) is 5.59. The molecule has 5 heteroatoms.